The van der Waals surface area contributed by atoms with Gasteiger partial charge in [0.2, 0.25) is 5.91 Å². The molecule has 1 aromatic heterocycles. The molecule has 0 bridgehead atoms. The molecule has 7 nitrogen and oxygen atoms in total. The van der Waals surface area contributed by atoms with Gasteiger partial charge in [0.05, 0.1) is 10.5 Å². The van der Waals surface area contributed by atoms with E-state index < -0.39 is 10.8 Å². The Morgan fingerprint density at radius 1 is 1.32 bits per heavy atom. The van der Waals surface area contributed by atoms with Gasteiger partial charge in [0.15, 0.2) is 5.11 Å². The summed E-state index contributed by atoms with van der Waals surface area (Å²) in [5.74, 6) is 0.212. The number of nitrogens with two attached hydrogens (primary N) is 1. The number of furan rings is 1. The van der Waals surface area contributed by atoms with Crippen LogP contribution in [-0.4, -0.2) is 15.9 Å². The quantitative estimate of drug-likeness (QED) is 0.387. The number of nitro benzene ring substituents is 1. The molecule has 1 heterocycles. The number of amides is 1. The van der Waals surface area contributed by atoms with Gasteiger partial charge in [0, 0.05) is 12.1 Å². The number of nitro groups is 1. The molecule has 112 valence electrons. The number of para-hydroxylation sites is 1. The molecule has 0 atom stereocenters. The molecule has 0 saturated heterocycles. The summed E-state index contributed by atoms with van der Waals surface area (Å²) in [6.45, 7) is 0. The molecule has 1 aromatic carbocycles. The van der Waals surface area contributed by atoms with Crippen LogP contribution in [0.4, 0.5) is 5.69 Å². The highest BCUT2D eigenvalue weighted by atomic mass is 32.1. The average molecular weight is 317 g/mol. The fraction of sp³-hybridized carbons (Fsp3) is 0. The molecule has 0 spiro atoms. The van der Waals surface area contributed by atoms with E-state index in [9.17, 15) is 14.9 Å². The predicted molar refractivity (Wildman–Crippen MR) is 84.8 cm³/mol. The van der Waals surface area contributed by atoms with Crippen LogP contribution in [-0.2, 0) is 4.79 Å². The number of hydrogen-bond donors (Lipinski definition) is 2. The normalized spacial score (nSPS) is 10.5. The number of carbonyl (C=O) groups excluding carboxylic acids is 1. The van der Waals surface area contributed by atoms with E-state index in [-0.39, 0.29) is 10.8 Å². The van der Waals surface area contributed by atoms with Crippen LogP contribution in [0.25, 0.3) is 17.4 Å². The highest BCUT2D eigenvalue weighted by Crippen LogP contribution is 2.30. The molecule has 1 amide bonds. The summed E-state index contributed by atoms with van der Waals surface area (Å²) in [7, 11) is 0. The Labute approximate surface area is 130 Å². The Morgan fingerprint density at radius 3 is 2.73 bits per heavy atom. The number of nitrogens with one attached hydrogen (secondary N) is 1. The lowest BCUT2D eigenvalue weighted by Crippen LogP contribution is -2.33. The van der Waals surface area contributed by atoms with Crippen LogP contribution in [0.1, 0.15) is 5.76 Å². The summed E-state index contributed by atoms with van der Waals surface area (Å²) in [5, 5.41) is 13.1. The minimum absolute atomic E-state index is 0.0568. The summed E-state index contributed by atoms with van der Waals surface area (Å²) >= 11 is 4.53. The molecule has 0 fully saturated rings. The van der Waals surface area contributed by atoms with E-state index in [4.69, 9.17) is 10.2 Å². The maximum atomic E-state index is 11.4. The third kappa shape index (κ3) is 3.76. The number of hydrogen-bond acceptors (Lipinski definition) is 5. The van der Waals surface area contributed by atoms with E-state index in [1.54, 1.807) is 30.3 Å². The van der Waals surface area contributed by atoms with Gasteiger partial charge in [-0.1, -0.05) is 12.1 Å². The van der Waals surface area contributed by atoms with Gasteiger partial charge in [0.1, 0.15) is 11.5 Å². The molecule has 0 aliphatic carbocycles. The van der Waals surface area contributed by atoms with Crippen LogP contribution in [0.5, 0.6) is 0 Å². The zero-order valence-electron chi connectivity index (χ0n) is 11.2. The van der Waals surface area contributed by atoms with Crippen LogP contribution in [0.15, 0.2) is 46.9 Å². The smallest absolute Gasteiger partial charge is 0.280 e. The minimum atomic E-state index is -0.490. The van der Waals surface area contributed by atoms with Gasteiger partial charge in [0.25, 0.3) is 5.69 Å². The predicted octanol–water partition coefficient (Wildman–Crippen LogP) is 2.23. The molecule has 0 saturated carbocycles. The van der Waals surface area contributed by atoms with Crippen LogP contribution in [0.2, 0.25) is 0 Å². The summed E-state index contributed by atoms with van der Waals surface area (Å²) < 4.78 is 5.48. The molecule has 2 rings (SSSR count). The van der Waals surface area contributed by atoms with Gasteiger partial charge in [-0.25, -0.2) is 0 Å². The molecule has 0 unspecified atom stereocenters. The van der Waals surface area contributed by atoms with Crippen molar-refractivity contribution in [1.82, 2.24) is 5.32 Å². The number of rotatable bonds is 4. The second-order valence-electron chi connectivity index (χ2n) is 4.16. The van der Waals surface area contributed by atoms with Crippen LogP contribution >= 0.6 is 12.2 Å². The van der Waals surface area contributed by atoms with E-state index in [1.165, 1.54) is 18.2 Å². The molecule has 2 aromatic rings. The first-order valence-electron chi connectivity index (χ1n) is 6.09. The molecule has 0 aliphatic rings. The lowest BCUT2D eigenvalue weighted by molar-refractivity contribution is -0.384. The van der Waals surface area contributed by atoms with Gasteiger partial charge < -0.3 is 10.2 Å². The third-order valence-corrected chi connectivity index (χ3v) is 2.74. The monoisotopic (exact) mass is 317 g/mol. The van der Waals surface area contributed by atoms with E-state index >= 15 is 0 Å². The summed E-state index contributed by atoms with van der Waals surface area (Å²) in [4.78, 5) is 21.9. The first kappa shape index (κ1) is 15.4. The van der Waals surface area contributed by atoms with E-state index in [2.05, 4.69) is 17.5 Å². The van der Waals surface area contributed by atoms with Gasteiger partial charge in [-0.2, -0.15) is 0 Å². The van der Waals surface area contributed by atoms with E-state index in [0.29, 0.717) is 17.1 Å². The second-order valence-corrected chi connectivity index (χ2v) is 4.60. The van der Waals surface area contributed by atoms with Crippen molar-refractivity contribution in [2.24, 2.45) is 5.73 Å². The average Bonchev–Trinajstić information content (AvgIpc) is 2.93. The standard InChI is InChI=1S/C14H11N3O4S/c15-14(22)16-13(18)8-6-9-5-7-12(21-9)10-3-1-2-4-11(10)17(19)20/h1-8H,(H3,15,16,18,22)/b8-6+. The minimum Gasteiger partial charge on any atom is -0.456 e. The fourth-order valence-corrected chi connectivity index (χ4v) is 1.85. The lowest BCUT2D eigenvalue weighted by atomic mass is 10.1. The zero-order chi connectivity index (χ0) is 16.1. The van der Waals surface area contributed by atoms with E-state index in [0.717, 1.165) is 0 Å². The maximum Gasteiger partial charge on any atom is 0.280 e. The van der Waals surface area contributed by atoms with Crippen molar-refractivity contribution in [3.05, 3.63) is 58.3 Å². The molecule has 3 N–H and O–H groups in total. The Bertz CT molecular complexity index is 767. The van der Waals surface area contributed by atoms with Crippen molar-refractivity contribution >= 4 is 35.0 Å². The van der Waals surface area contributed by atoms with Crippen LogP contribution < -0.4 is 11.1 Å². The SMILES string of the molecule is NC(=S)NC(=O)/C=C/c1ccc(-c2ccccc2[N+](=O)[O-])o1. The van der Waals surface area contributed by atoms with E-state index in [1.807, 2.05) is 0 Å². The summed E-state index contributed by atoms with van der Waals surface area (Å²) in [6, 6.07) is 9.42. The molecule has 8 heteroatoms. The first-order valence-corrected chi connectivity index (χ1v) is 6.50. The Balaban J connectivity index is 2.22. The molecule has 0 aliphatic heterocycles. The van der Waals surface area contributed by atoms with Gasteiger partial charge in [-0.05, 0) is 36.5 Å². The highest BCUT2D eigenvalue weighted by molar-refractivity contribution is 7.80. The zero-order valence-corrected chi connectivity index (χ0v) is 12.0. The van der Waals surface area contributed by atoms with Crippen molar-refractivity contribution < 1.29 is 14.1 Å². The van der Waals surface area contributed by atoms with Crippen molar-refractivity contribution in [2.45, 2.75) is 0 Å². The highest BCUT2D eigenvalue weighted by Gasteiger charge is 2.16. The van der Waals surface area contributed by atoms with Gasteiger partial charge in [-0.15, -0.1) is 0 Å². The molecular weight excluding hydrogens is 306 g/mol. The van der Waals surface area contributed by atoms with Crippen LogP contribution in [0.3, 0.4) is 0 Å². The summed E-state index contributed by atoms with van der Waals surface area (Å²) in [5.41, 5.74) is 5.47. The number of carbonyl (C=O) groups is 1. The topological polar surface area (TPSA) is 111 Å². The van der Waals surface area contributed by atoms with Crippen LogP contribution in [0, 0.1) is 10.1 Å². The molecule has 22 heavy (non-hydrogen) atoms. The largest absolute Gasteiger partial charge is 0.456 e. The van der Waals surface area contributed by atoms with Crippen molar-refractivity contribution in [1.29, 1.82) is 0 Å². The molecule has 0 radical (unpaired) electrons. The van der Waals surface area contributed by atoms with Crippen molar-refractivity contribution in [3.63, 3.8) is 0 Å². The maximum absolute atomic E-state index is 11.4. The first-order chi connectivity index (χ1) is 10.5. The Morgan fingerprint density at radius 2 is 2.05 bits per heavy atom. The number of benzene rings is 1. The lowest BCUT2D eigenvalue weighted by Gasteiger charge is -1.98. The number of thiocarbonyl (C=S) groups is 1. The van der Waals surface area contributed by atoms with Gasteiger partial charge in [-0.3, -0.25) is 20.2 Å². The number of nitrogens with zero attached hydrogens (tertiary/aromatic N) is 1. The third-order valence-electron chi connectivity index (χ3n) is 2.64. The van der Waals surface area contributed by atoms with Gasteiger partial charge >= 0.3 is 0 Å². The second kappa shape index (κ2) is 6.64. The van der Waals surface area contributed by atoms with Crippen molar-refractivity contribution in [2.75, 3.05) is 0 Å². The Kier molecular flexibility index (Phi) is 4.64. The fourth-order valence-electron chi connectivity index (χ4n) is 1.75. The summed E-state index contributed by atoms with van der Waals surface area (Å²) in [6.07, 6.45) is 2.60. The molecular formula is C14H11N3O4S. The Hall–Kier alpha value is -3.00. The van der Waals surface area contributed by atoms with Crippen molar-refractivity contribution in [3.8, 4) is 11.3 Å².